The van der Waals surface area contributed by atoms with Gasteiger partial charge >= 0.3 is 0 Å². The van der Waals surface area contributed by atoms with Gasteiger partial charge in [-0.05, 0) is 31.5 Å². The van der Waals surface area contributed by atoms with Crippen LogP contribution in [0, 0.1) is 13.8 Å². The molecule has 1 aromatic heterocycles. The number of aryl methyl sites for hydroxylation is 3. The highest BCUT2D eigenvalue weighted by molar-refractivity contribution is 6.34. The van der Waals surface area contributed by atoms with Crippen molar-refractivity contribution < 1.29 is 9.53 Å². The number of hydrogen-bond acceptors (Lipinski definition) is 3. The summed E-state index contributed by atoms with van der Waals surface area (Å²) in [7, 11) is 3.24. The summed E-state index contributed by atoms with van der Waals surface area (Å²) in [6.45, 7) is 3.70. The van der Waals surface area contributed by atoms with Gasteiger partial charge in [-0.3, -0.25) is 9.48 Å². The molecule has 0 radical (unpaired) electrons. The Labute approximate surface area is 122 Å². The van der Waals surface area contributed by atoms with E-state index in [4.69, 9.17) is 16.3 Å². The first-order valence-corrected chi connectivity index (χ1v) is 6.47. The van der Waals surface area contributed by atoms with E-state index in [2.05, 4.69) is 10.4 Å². The fourth-order valence-corrected chi connectivity index (χ4v) is 2.23. The maximum atomic E-state index is 12.3. The Kier molecular flexibility index (Phi) is 3.99. The Morgan fingerprint density at radius 2 is 2.10 bits per heavy atom. The van der Waals surface area contributed by atoms with Crippen LogP contribution in [-0.4, -0.2) is 22.8 Å². The maximum absolute atomic E-state index is 12.3. The van der Waals surface area contributed by atoms with E-state index in [-0.39, 0.29) is 5.91 Å². The van der Waals surface area contributed by atoms with E-state index in [1.165, 1.54) is 4.68 Å². The zero-order valence-corrected chi connectivity index (χ0v) is 12.6. The van der Waals surface area contributed by atoms with Crippen molar-refractivity contribution in [1.82, 2.24) is 9.78 Å². The smallest absolute Gasteiger partial charge is 0.275 e. The summed E-state index contributed by atoms with van der Waals surface area (Å²) in [6, 6.07) is 5.56. The molecule has 0 bridgehead atoms. The third kappa shape index (κ3) is 2.63. The highest BCUT2D eigenvalue weighted by Crippen LogP contribution is 2.27. The molecule has 5 nitrogen and oxygen atoms in total. The standard InChI is InChI=1S/C14H16ClN3O2/c1-8-5-6-11(20-4)10(7-8)16-14(19)13-12(15)9(2)17-18(13)3/h5-7H,1-4H3,(H,16,19). The fourth-order valence-electron chi connectivity index (χ4n) is 1.98. The van der Waals surface area contributed by atoms with Crippen LogP contribution < -0.4 is 10.1 Å². The van der Waals surface area contributed by atoms with Crippen molar-refractivity contribution >= 4 is 23.2 Å². The molecule has 2 aromatic rings. The van der Waals surface area contributed by atoms with Gasteiger partial charge in [-0.2, -0.15) is 5.10 Å². The van der Waals surface area contributed by atoms with E-state index < -0.39 is 0 Å². The third-order valence-corrected chi connectivity index (χ3v) is 3.42. The number of methoxy groups -OCH3 is 1. The molecule has 106 valence electrons. The van der Waals surface area contributed by atoms with Crippen molar-refractivity contribution in [3.8, 4) is 5.75 Å². The molecule has 0 aliphatic carbocycles. The van der Waals surface area contributed by atoms with Gasteiger partial charge in [0.2, 0.25) is 0 Å². The molecule has 0 saturated heterocycles. The van der Waals surface area contributed by atoms with E-state index in [1.54, 1.807) is 27.1 Å². The number of aromatic nitrogens is 2. The van der Waals surface area contributed by atoms with E-state index in [0.29, 0.717) is 27.8 Å². The van der Waals surface area contributed by atoms with E-state index in [9.17, 15) is 4.79 Å². The summed E-state index contributed by atoms with van der Waals surface area (Å²) in [5.74, 6) is 0.279. The predicted octanol–water partition coefficient (Wildman–Crippen LogP) is 2.95. The van der Waals surface area contributed by atoms with Gasteiger partial charge in [-0.15, -0.1) is 0 Å². The summed E-state index contributed by atoms with van der Waals surface area (Å²) in [6.07, 6.45) is 0. The summed E-state index contributed by atoms with van der Waals surface area (Å²) in [5, 5.41) is 7.29. The van der Waals surface area contributed by atoms with Crippen LogP contribution in [0.4, 0.5) is 5.69 Å². The van der Waals surface area contributed by atoms with Crippen molar-refractivity contribution in [1.29, 1.82) is 0 Å². The summed E-state index contributed by atoms with van der Waals surface area (Å²) in [5.41, 5.74) is 2.57. The van der Waals surface area contributed by atoms with E-state index in [1.807, 2.05) is 19.1 Å². The molecule has 6 heteroatoms. The molecular formula is C14H16ClN3O2. The number of nitrogens with one attached hydrogen (secondary N) is 1. The number of carbonyl (C=O) groups is 1. The lowest BCUT2D eigenvalue weighted by molar-refractivity contribution is 0.101. The Hall–Kier alpha value is -2.01. The van der Waals surface area contributed by atoms with Gasteiger partial charge in [0.1, 0.15) is 11.4 Å². The van der Waals surface area contributed by atoms with Crippen LogP contribution in [0.2, 0.25) is 5.02 Å². The van der Waals surface area contributed by atoms with Crippen molar-refractivity contribution in [2.45, 2.75) is 13.8 Å². The Balaban J connectivity index is 2.35. The van der Waals surface area contributed by atoms with Gasteiger partial charge in [0, 0.05) is 7.05 Å². The van der Waals surface area contributed by atoms with Gasteiger partial charge in [0.05, 0.1) is 23.5 Å². The second-order valence-corrected chi connectivity index (χ2v) is 4.91. The Morgan fingerprint density at radius 3 is 2.65 bits per heavy atom. The monoisotopic (exact) mass is 293 g/mol. The minimum Gasteiger partial charge on any atom is -0.495 e. The zero-order valence-electron chi connectivity index (χ0n) is 11.8. The lowest BCUT2D eigenvalue weighted by Crippen LogP contribution is -2.17. The van der Waals surface area contributed by atoms with Crippen LogP contribution in [0.5, 0.6) is 5.75 Å². The zero-order chi connectivity index (χ0) is 14.9. The topological polar surface area (TPSA) is 56.1 Å². The third-order valence-electron chi connectivity index (χ3n) is 2.97. The van der Waals surface area contributed by atoms with Crippen LogP contribution in [0.3, 0.4) is 0 Å². The number of hydrogen-bond donors (Lipinski definition) is 1. The van der Waals surface area contributed by atoms with Crippen molar-refractivity contribution in [3.05, 3.63) is 40.2 Å². The SMILES string of the molecule is COc1ccc(C)cc1NC(=O)c1c(Cl)c(C)nn1C. The lowest BCUT2D eigenvalue weighted by atomic mass is 10.2. The average Bonchev–Trinajstić information content (AvgIpc) is 2.63. The molecule has 1 aromatic carbocycles. The van der Waals surface area contributed by atoms with Gasteiger partial charge in [0.15, 0.2) is 0 Å². The van der Waals surface area contributed by atoms with Crippen LogP contribution in [0.1, 0.15) is 21.7 Å². The highest BCUT2D eigenvalue weighted by Gasteiger charge is 2.19. The molecular weight excluding hydrogens is 278 g/mol. The molecule has 1 heterocycles. The highest BCUT2D eigenvalue weighted by atomic mass is 35.5. The molecule has 0 fully saturated rings. The first kappa shape index (κ1) is 14.4. The number of ether oxygens (including phenoxy) is 1. The molecule has 0 aliphatic rings. The minimum absolute atomic E-state index is 0.318. The first-order valence-electron chi connectivity index (χ1n) is 6.09. The molecule has 1 N–H and O–H groups in total. The molecule has 0 saturated carbocycles. The number of carbonyl (C=O) groups excluding carboxylic acids is 1. The minimum atomic E-state index is -0.318. The maximum Gasteiger partial charge on any atom is 0.275 e. The van der Waals surface area contributed by atoms with E-state index in [0.717, 1.165) is 5.56 Å². The molecule has 0 unspecified atom stereocenters. The van der Waals surface area contributed by atoms with Gasteiger partial charge in [-0.1, -0.05) is 17.7 Å². The van der Waals surface area contributed by atoms with Crippen LogP contribution >= 0.6 is 11.6 Å². The molecule has 1 amide bonds. The van der Waals surface area contributed by atoms with Crippen LogP contribution in [0.25, 0.3) is 0 Å². The lowest BCUT2D eigenvalue weighted by Gasteiger charge is -2.11. The van der Waals surface area contributed by atoms with Gasteiger partial charge < -0.3 is 10.1 Å². The quantitative estimate of drug-likeness (QED) is 0.946. The number of halogens is 1. The predicted molar refractivity (Wildman–Crippen MR) is 78.6 cm³/mol. The largest absolute Gasteiger partial charge is 0.495 e. The summed E-state index contributed by atoms with van der Waals surface area (Å²) >= 11 is 6.10. The number of amides is 1. The molecule has 0 spiro atoms. The Bertz CT molecular complexity index is 665. The number of benzene rings is 1. The van der Waals surface area contributed by atoms with E-state index >= 15 is 0 Å². The molecule has 20 heavy (non-hydrogen) atoms. The first-order chi connectivity index (χ1) is 9.43. The number of anilines is 1. The number of rotatable bonds is 3. The van der Waals surface area contributed by atoms with Crippen molar-refractivity contribution in [3.63, 3.8) is 0 Å². The average molecular weight is 294 g/mol. The summed E-state index contributed by atoms with van der Waals surface area (Å²) in [4.78, 5) is 12.3. The van der Waals surface area contributed by atoms with Crippen molar-refractivity contribution in [2.75, 3.05) is 12.4 Å². The Morgan fingerprint density at radius 1 is 1.40 bits per heavy atom. The van der Waals surface area contributed by atoms with Gasteiger partial charge in [0.25, 0.3) is 5.91 Å². The van der Waals surface area contributed by atoms with Gasteiger partial charge in [-0.25, -0.2) is 0 Å². The normalized spacial score (nSPS) is 10.4. The second-order valence-electron chi connectivity index (χ2n) is 4.53. The fraction of sp³-hybridized carbons (Fsp3) is 0.286. The molecule has 0 atom stereocenters. The number of nitrogens with zero attached hydrogens (tertiary/aromatic N) is 2. The van der Waals surface area contributed by atoms with Crippen molar-refractivity contribution in [2.24, 2.45) is 7.05 Å². The van der Waals surface area contributed by atoms with Crippen LogP contribution in [0.15, 0.2) is 18.2 Å². The summed E-state index contributed by atoms with van der Waals surface area (Å²) < 4.78 is 6.70. The second kappa shape index (κ2) is 5.54. The molecule has 2 rings (SSSR count). The van der Waals surface area contributed by atoms with Crippen LogP contribution in [-0.2, 0) is 7.05 Å². The molecule has 0 aliphatic heterocycles.